The second-order valence-electron chi connectivity index (χ2n) is 19.5. The van der Waals surface area contributed by atoms with Crippen molar-refractivity contribution >= 4 is 24.2 Å². The standard InChI is InChI=1S/C42H74N4O16/c1-13-16-27(48)33(51)43-25-21-26(45-37(53)61-40(5,6)7)31(58-34-24(44-36(52)60-39(2,3)4)19-18-23(57-34)17-14-15-20-47)28(49)30(25)59-35-29(50)32(42(11,55)22-56-35)46(12)38(54)62-41(8,9)10/h18,24-32,34-35,47-50,55H,13-17,19-22H2,1-12H3,(H,43,51)(H,44,52)(H,45,53). The van der Waals surface area contributed by atoms with Gasteiger partial charge < -0.3 is 79.5 Å². The van der Waals surface area contributed by atoms with Gasteiger partial charge in [-0.15, -0.1) is 0 Å². The maximum Gasteiger partial charge on any atom is 0.410 e. The molecule has 0 spiro atoms. The Hall–Kier alpha value is -3.50. The largest absolute Gasteiger partial charge is 0.467 e. The first-order chi connectivity index (χ1) is 28.6. The molecule has 20 heteroatoms. The highest BCUT2D eigenvalue weighted by Crippen LogP contribution is 2.35. The molecule has 2 aliphatic heterocycles. The second-order valence-corrected chi connectivity index (χ2v) is 19.5. The molecule has 0 bridgehead atoms. The quantitative estimate of drug-likeness (QED) is 0.0867. The molecule has 3 aliphatic rings. The zero-order chi connectivity index (χ0) is 47.0. The Kier molecular flexibility index (Phi) is 18.7. The van der Waals surface area contributed by atoms with Gasteiger partial charge in [-0.2, -0.15) is 0 Å². The van der Waals surface area contributed by atoms with Crippen molar-refractivity contribution in [2.75, 3.05) is 20.3 Å². The third-order valence-electron chi connectivity index (χ3n) is 10.1. The van der Waals surface area contributed by atoms with E-state index in [-0.39, 0.29) is 25.9 Å². The fraction of sp³-hybridized carbons (Fsp3) is 0.857. The molecule has 20 nitrogen and oxygen atoms in total. The first kappa shape index (κ1) is 52.8. The van der Waals surface area contributed by atoms with Crippen molar-refractivity contribution in [1.29, 1.82) is 0 Å². The van der Waals surface area contributed by atoms with Gasteiger partial charge in [0.05, 0.1) is 36.5 Å². The van der Waals surface area contributed by atoms with Crippen molar-refractivity contribution in [3.05, 3.63) is 11.8 Å². The monoisotopic (exact) mass is 891 g/mol. The number of amides is 4. The van der Waals surface area contributed by atoms with E-state index in [1.54, 1.807) is 75.3 Å². The predicted octanol–water partition coefficient (Wildman–Crippen LogP) is 2.45. The van der Waals surface area contributed by atoms with E-state index in [4.69, 9.17) is 33.2 Å². The molecule has 3 rings (SSSR count). The topological polar surface area (TPSA) is 273 Å². The highest BCUT2D eigenvalue weighted by molar-refractivity contribution is 5.80. The van der Waals surface area contributed by atoms with E-state index in [0.717, 1.165) is 4.90 Å². The lowest BCUT2D eigenvalue weighted by Gasteiger charge is -2.50. The number of aliphatic hydroxyl groups is 5. The van der Waals surface area contributed by atoms with Gasteiger partial charge in [-0.25, -0.2) is 14.4 Å². The van der Waals surface area contributed by atoms with Crippen LogP contribution in [0.3, 0.4) is 0 Å². The fourth-order valence-corrected chi connectivity index (χ4v) is 7.38. The number of nitrogens with zero attached hydrogens (tertiary/aromatic N) is 1. The molecule has 12 unspecified atom stereocenters. The van der Waals surface area contributed by atoms with E-state index in [1.165, 1.54) is 14.0 Å². The number of carbonyl (C=O) groups is 4. The minimum atomic E-state index is -1.82. The molecule has 62 heavy (non-hydrogen) atoms. The maximum absolute atomic E-state index is 13.4. The number of alkyl carbamates (subject to hydrolysis) is 2. The Bertz CT molecular complexity index is 1520. The van der Waals surface area contributed by atoms with Crippen molar-refractivity contribution in [2.24, 2.45) is 0 Å². The number of unbranched alkanes of at least 4 members (excludes halogenated alkanes) is 1. The fourth-order valence-electron chi connectivity index (χ4n) is 7.38. The Morgan fingerprint density at radius 2 is 1.37 bits per heavy atom. The van der Waals surface area contributed by atoms with Gasteiger partial charge in [0.25, 0.3) is 0 Å². The molecule has 358 valence electrons. The van der Waals surface area contributed by atoms with Crippen molar-refractivity contribution in [3.63, 3.8) is 0 Å². The van der Waals surface area contributed by atoms with Crippen LogP contribution in [0.2, 0.25) is 0 Å². The molecule has 0 radical (unpaired) electrons. The van der Waals surface area contributed by atoms with E-state index >= 15 is 0 Å². The number of hydrogen-bond donors (Lipinski definition) is 8. The average Bonchev–Trinajstić information content (AvgIpc) is 3.11. The Morgan fingerprint density at radius 1 is 0.839 bits per heavy atom. The zero-order valence-electron chi connectivity index (χ0n) is 38.5. The molecular formula is C42H74N4O16. The van der Waals surface area contributed by atoms with Crippen LogP contribution in [0.1, 0.15) is 121 Å². The van der Waals surface area contributed by atoms with Crippen molar-refractivity contribution < 1.29 is 77.9 Å². The van der Waals surface area contributed by atoms with Crippen LogP contribution < -0.4 is 16.0 Å². The van der Waals surface area contributed by atoms with Gasteiger partial charge in [-0.05, 0) is 107 Å². The van der Waals surface area contributed by atoms with Gasteiger partial charge in [0, 0.05) is 20.1 Å². The van der Waals surface area contributed by atoms with Crippen LogP contribution in [-0.4, -0.2) is 165 Å². The van der Waals surface area contributed by atoms with Crippen LogP contribution in [0.4, 0.5) is 14.4 Å². The summed E-state index contributed by atoms with van der Waals surface area (Å²) in [6.45, 7) is 17.7. The van der Waals surface area contributed by atoms with Gasteiger partial charge in [-0.1, -0.05) is 13.3 Å². The number of nitrogens with one attached hydrogen (secondary N) is 3. The first-order valence-corrected chi connectivity index (χ1v) is 21.5. The first-order valence-electron chi connectivity index (χ1n) is 21.5. The lowest BCUT2D eigenvalue weighted by molar-refractivity contribution is -0.311. The van der Waals surface area contributed by atoms with Gasteiger partial charge in [-0.3, -0.25) is 4.79 Å². The molecular weight excluding hydrogens is 816 g/mol. The average molecular weight is 891 g/mol. The SMILES string of the molecule is CCCC(O)C(=O)NC1CC(NC(=O)OC(C)(C)C)C(OC2OC(CCCCO)=CCC2NC(=O)OC(C)(C)C)C(O)C1OC1OCC(C)(O)C(N(C)C(=O)OC(C)(C)C)C1O. The summed E-state index contributed by atoms with van der Waals surface area (Å²) in [6.07, 6.45) is -9.66. The molecule has 1 saturated carbocycles. The van der Waals surface area contributed by atoms with Crippen LogP contribution >= 0.6 is 0 Å². The normalized spacial score (nSPS) is 31.1. The minimum Gasteiger partial charge on any atom is -0.467 e. The van der Waals surface area contributed by atoms with Crippen molar-refractivity contribution in [2.45, 2.75) is 211 Å². The summed E-state index contributed by atoms with van der Waals surface area (Å²) in [7, 11) is 1.33. The van der Waals surface area contributed by atoms with Crippen LogP contribution in [-0.2, 0) is 38.0 Å². The maximum atomic E-state index is 13.4. The molecule has 12 atom stereocenters. The van der Waals surface area contributed by atoms with Gasteiger partial charge >= 0.3 is 18.3 Å². The molecule has 0 aromatic rings. The number of carbonyl (C=O) groups excluding carboxylic acids is 4. The number of likely N-dealkylation sites (N-methyl/N-ethyl adjacent to an activating group) is 1. The Morgan fingerprint density at radius 3 is 1.90 bits per heavy atom. The lowest BCUT2D eigenvalue weighted by Crippen LogP contribution is -2.70. The van der Waals surface area contributed by atoms with E-state index in [1.807, 2.05) is 0 Å². The number of allylic oxidation sites excluding steroid dienone is 1. The summed E-state index contributed by atoms with van der Waals surface area (Å²) in [5.74, 6) is -0.320. The van der Waals surface area contributed by atoms with E-state index in [0.29, 0.717) is 31.4 Å². The number of hydrogen-bond acceptors (Lipinski definition) is 16. The highest BCUT2D eigenvalue weighted by Gasteiger charge is 2.55. The van der Waals surface area contributed by atoms with Crippen LogP contribution in [0.5, 0.6) is 0 Å². The van der Waals surface area contributed by atoms with Crippen molar-refractivity contribution in [3.8, 4) is 0 Å². The molecule has 1 saturated heterocycles. The summed E-state index contributed by atoms with van der Waals surface area (Å²) in [5, 5.41) is 63.9. The third kappa shape index (κ3) is 15.9. The van der Waals surface area contributed by atoms with Crippen molar-refractivity contribution in [1.82, 2.24) is 20.9 Å². The molecule has 1 aliphatic carbocycles. The predicted molar refractivity (Wildman–Crippen MR) is 222 cm³/mol. The molecule has 2 fully saturated rings. The summed E-state index contributed by atoms with van der Waals surface area (Å²) in [6, 6.07) is -4.62. The minimum absolute atomic E-state index is 0.0358. The van der Waals surface area contributed by atoms with E-state index < -0.39 is 120 Å². The molecule has 4 amide bonds. The zero-order valence-corrected chi connectivity index (χ0v) is 38.5. The highest BCUT2D eigenvalue weighted by atomic mass is 16.7. The van der Waals surface area contributed by atoms with Gasteiger partial charge in [0.2, 0.25) is 12.2 Å². The third-order valence-corrected chi connectivity index (χ3v) is 10.1. The summed E-state index contributed by atoms with van der Waals surface area (Å²) >= 11 is 0. The van der Waals surface area contributed by atoms with Gasteiger partial charge in [0.1, 0.15) is 52.9 Å². The van der Waals surface area contributed by atoms with Crippen LogP contribution in [0.25, 0.3) is 0 Å². The lowest BCUT2D eigenvalue weighted by atomic mass is 9.82. The number of aliphatic hydroxyl groups excluding tert-OH is 4. The number of rotatable bonds is 15. The molecule has 8 N–H and O–H groups in total. The van der Waals surface area contributed by atoms with E-state index in [2.05, 4.69) is 16.0 Å². The van der Waals surface area contributed by atoms with Gasteiger partial charge in [0.15, 0.2) is 6.29 Å². The summed E-state index contributed by atoms with van der Waals surface area (Å²) in [4.78, 5) is 54.1. The molecule has 0 aromatic carbocycles. The Balaban J connectivity index is 2.10. The Labute approximate surface area is 365 Å². The molecule has 0 aromatic heterocycles. The van der Waals surface area contributed by atoms with Crippen LogP contribution in [0, 0.1) is 0 Å². The summed E-state index contributed by atoms with van der Waals surface area (Å²) < 4.78 is 41.6. The smallest absolute Gasteiger partial charge is 0.410 e. The van der Waals surface area contributed by atoms with Crippen LogP contribution in [0.15, 0.2) is 11.8 Å². The van der Waals surface area contributed by atoms with E-state index in [9.17, 15) is 44.7 Å². The summed E-state index contributed by atoms with van der Waals surface area (Å²) in [5.41, 5.74) is -4.53. The number of ether oxygens (including phenoxy) is 7. The molecule has 2 heterocycles. The second kappa shape index (κ2) is 21.9.